The molecule has 0 spiro atoms. The summed E-state index contributed by atoms with van der Waals surface area (Å²) in [6.07, 6.45) is 4.52. The Bertz CT molecular complexity index is 331. The zero-order valence-electron chi connectivity index (χ0n) is 10.5. The topological polar surface area (TPSA) is 55.5 Å². The fraction of sp³-hybridized carbons (Fsp3) is 0.538. The molecule has 1 aromatic carbocycles. The quantitative estimate of drug-likeness (QED) is 0.770. The van der Waals surface area contributed by atoms with Gasteiger partial charge in [0.15, 0.2) is 11.5 Å². The number of benzene rings is 1. The van der Waals surface area contributed by atoms with E-state index in [0.29, 0.717) is 5.75 Å². The standard InChI is InChI=1S/C13H21NO2.ClH/c1-3-4-5-6-11(14)10-7-8-12(15)13(9-10)16-2;/h7-9,11,15H,3-6,14H2,1-2H3;1H/t11-;/m0./s1. The van der Waals surface area contributed by atoms with Crippen molar-refractivity contribution in [1.29, 1.82) is 0 Å². The maximum Gasteiger partial charge on any atom is 0.160 e. The van der Waals surface area contributed by atoms with Crippen LogP contribution < -0.4 is 10.5 Å². The first-order chi connectivity index (χ1) is 7.69. The normalized spacial score (nSPS) is 11.7. The van der Waals surface area contributed by atoms with Gasteiger partial charge in [-0.3, -0.25) is 0 Å². The molecule has 0 amide bonds. The second kappa shape index (κ2) is 8.20. The summed E-state index contributed by atoms with van der Waals surface area (Å²) in [7, 11) is 1.54. The lowest BCUT2D eigenvalue weighted by atomic mass is 10.0. The van der Waals surface area contributed by atoms with Gasteiger partial charge < -0.3 is 15.6 Å². The van der Waals surface area contributed by atoms with Gasteiger partial charge in [-0.05, 0) is 24.1 Å². The molecular weight excluding hydrogens is 238 g/mol. The van der Waals surface area contributed by atoms with E-state index in [-0.39, 0.29) is 24.2 Å². The largest absolute Gasteiger partial charge is 0.504 e. The summed E-state index contributed by atoms with van der Waals surface area (Å²) >= 11 is 0. The molecule has 0 aliphatic carbocycles. The molecule has 4 heteroatoms. The molecular formula is C13H22ClNO2. The molecule has 0 aliphatic heterocycles. The Labute approximate surface area is 109 Å². The van der Waals surface area contributed by atoms with E-state index in [2.05, 4.69) is 6.92 Å². The van der Waals surface area contributed by atoms with Crippen molar-refractivity contribution in [2.45, 2.75) is 38.6 Å². The predicted molar refractivity (Wildman–Crippen MR) is 73.0 cm³/mol. The van der Waals surface area contributed by atoms with Crippen LogP contribution in [0.3, 0.4) is 0 Å². The summed E-state index contributed by atoms with van der Waals surface area (Å²) in [5, 5.41) is 9.47. The number of halogens is 1. The minimum atomic E-state index is 0. The molecule has 1 rings (SSSR count). The van der Waals surface area contributed by atoms with Crippen LogP contribution in [0.4, 0.5) is 0 Å². The van der Waals surface area contributed by atoms with Crippen LogP contribution in [0.5, 0.6) is 11.5 Å². The lowest BCUT2D eigenvalue weighted by Crippen LogP contribution is -2.10. The molecule has 0 saturated carbocycles. The van der Waals surface area contributed by atoms with Gasteiger partial charge >= 0.3 is 0 Å². The highest BCUT2D eigenvalue weighted by Crippen LogP contribution is 2.29. The van der Waals surface area contributed by atoms with Gasteiger partial charge in [0.25, 0.3) is 0 Å². The Kier molecular flexibility index (Phi) is 7.75. The average molecular weight is 260 g/mol. The van der Waals surface area contributed by atoms with Gasteiger partial charge in [0.1, 0.15) is 0 Å². The SMILES string of the molecule is CCCCC[C@H](N)c1ccc(O)c(OC)c1.Cl. The summed E-state index contributed by atoms with van der Waals surface area (Å²) in [5.74, 6) is 0.649. The molecule has 17 heavy (non-hydrogen) atoms. The molecule has 0 radical (unpaired) electrons. The summed E-state index contributed by atoms with van der Waals surface area (Å²) < 4.78 is 5.06. The number of rotatable bonds is 6. The smallest absolute Gasteiger partial charge is 0.160 e. The summed E-state index contributed by atoms with van der Waals surface area (Å²) in [4.78, 5) is 0. The van der Waals surface area contributed by atoms with Gasteiger partial charge in [0.05, 0.1) is 7.11 Å². The molecule has 1 aromatic rings. The number of methoxy groups -OCH3 is 1. The van der Waals surface area contributed by atoms with Crippen LogP contribution in [0.2, 0.25) is 0 Å². The van der Waals surface area contributed by atoms with Crippen molar-refractivity contribution in [2.75, 3.05) is 7.11 Å². The zero-order chi connectivity index (χ0) is 12.0. The van der Waals surface area contributed by atoms with E-state index < -0.39 is 0 Å². The minimum absolute atomic E-state index is 0. The van der Waals surface area contributed by atoms with Crippen molar-refractivity contribution in [3.8, 4) is 11.5 Å². The maximum atomic E-state index is 9.47. The number of aromatic hydroxyl groups is 1. The number of hydrogen-bond donors (Lipinski definition) is 2. The van der Waals surface area contributed by atoms with Gasteiger partial charge in [-0.1, -0.05) is 32.3 Å². The maximum absolute atomic E-state index is 9.47. The van der Waals surface area contributed by atoms with Crippen molar-refractivity contribution in [3.05, 3.63) is 23.8 Å². The van der Waals surface area contributed by atoms with Crippen molar-refractivity contribution < 1.29 is 9.84 Å². The molecule has 98 valence electrons. The third-order valence-electron chi connectivity index (χ3n) is 2.75. The molecule has 3 N–H and O–H groups in total. The third-order valence-corrected chi connectivity index (χ3v) is 2.75. The molecule has 0 aliphatic rings. The predicted octanol–water partition coefficient (Wildman–Crippen LogP) is 3.40. The molecule has 0 bridgehead atoms. The number of hydrogen-bond acceptors (Lipinski definition) is 3. The van der Waals surface area contributed by atoms with Crippen LogP contribution in [-0.2, 0) is 0 Å². The number of ether oxygens (including phenoxy) is 1. The van der Waals surface area contributed by atoms with Crippen LogP contribution in [0.25, 0.3) is 0 Å². The number of nitrogens with two attached hydrogens (primary N) is 1. The highest BCUT2D eigenvalue weighted by Gasteiger charge is 2.09. The van der Waals surface area contributed by atoms with E-state index in [0.717, 1.165) is 18.4 Å². The van der Waals surface area contributed by atoms with Gasteiger partial charge in [0, 0.05) is 6.04 Å². The van der Waals surface area contributed by atoms with E-state index in [9.17, 15) is 5.11 Å². The van der Waals surface area contributed by atoms with Crippen LogP contribution >= 0.6 is 12.4 Å². The van der Waals surface area contributed by atoms with Crippen LogP contribution in [0.1, 0.15) is 44.2 Å². The molecule has 0 unspecified atom stereocenters. The van der Waals surface area contributed by atoms with E-state index in [1.54, 1.807) is 13.2 Å². The summed E-state index contributed by atoms with van der Waals surface area (Å²) in [6.45, 7) is 2.18. The zero-order valence-corrected chi connectivity index (χ0v) is 11.3. The second-order valence-corrected chi connectivity index (χ2v) is 4.03. The lowest BCUT2D eigenvalue weighted by molar-refractivity contribution is 0.372. The molecule has 0 fully saturated rings. The van der Waals surface area contributed by atoms with Gasteiger partial charge in [-0.15, -0.1) is 12.4 Å². The molecule has 3 nitrogen and oxygen atoms in total. The Balaban J connectivity index is 0.00000256. The third kappa shape index (κ3) is 4.84. The summed E-state index contributed by atoms with van der Waals surface area (Å²) in [6, 6.07) is 5.33. The fourth-order valence-electron chi connectivity index (χ4n) is 1.71. The Hall–Kier alpha value is -0.930. The molecule has 0 heterocycles. The number of phenols is 1. The van der Waals surface area contributed by atoms with Crippen LogP contribution in [-0.4, -0.2) is 12.2 Å². The lowest BCUT2D eigenvalue weighted by Gasteiger charge is -2.13. The van der Waals surface area contributed by atoms with E-state index >= 15 is 0 Å². The Morgan fingerprint density at radius 3 is 2.65 bits per heavy atom. The van der Waals surface area contributed by atoms with Gasteiger partial charge in [-0.25, -0.2) is 0 Å². The molecule has 0 saturated heterocycles. The molecule has 0 aromatic heterocycles. The van der Waals surface area contributed by atoms with Gasteiger partial charge in [0.2, 0.25) is 0 Å². The second-order valence-electron chi connectivity index (χ2n) is 4.03. The number of unbranched alkanes of at least 4 members (excludes halogenated alkanes) is 2. The van der Waals surface area contributed by atoms with Crippen molar-refractivity contribution in [2.24, 2.45) is 5.73 Å². The first-order valence-electron chi connectivity index (χ1n) is 5.81. The van der Waals surface area contributed by atoms with Crippen molar-refractivity contribution in [1.82, 2.24) is 0 Å². The summed E-state index contributed by atoms with van der Waals surface area (Å²) in [5.41, 5.74) is 7.09. The first kappa shape index (κ1) is 16.1. The molecule has 1 atom stereocenters. The van der Waals surface area contributed by atoms with E-state index in [4.69, 9.17) is 10.5 Å². The van der Waals surface area contributed by atoms with Crippen LogP contribution in [0.15, 0.2) is 18.2 Å². The van der Waals surface area contributed by atoms with Gasteiger partial charge in [-0.2, -0.15) is 0 Å². The van der Waals surface area contributed by atoms with Crippen molar-refractivity contribution >= 4 is 12.4 Å². The van der Waals surface area contributed by atoms with Crippen LogP contribution in [0, 0.1) is 0 Å². The Morgan fingerprint density at radius 1 is 1.35 bits per heavy atom. The van der Waals surface area contributed by atoms with Crippen molar-refractivity contribution in [3.63, 3.8) is 0 Å². The average Bonchev–Trinajstić information content (AvgIpc) is 2.30. The first-order valence-corrected chi connectivity index (χ1v) is 5.81. The Morgan fingerprint density at radius 2 is 2.06 bits per heavy atom. The fourth-order valence-corrected chi connectivity index (χ4v) is 1.71. The minimum Gasteiger partial charge on any atom is -0.504 e. The monoisotopic (exact) mass is 259 g/mol. The van der Waals surface area contributed by atoms with E-state index in [1.165, 1.54) is 12.8 Å². The number of phenolic OH excluding ortho intramolecular Hbond substituents is 1. The van der Waals surface area contributed by atoms with E-state index in [1.807, 2.05) is 12.1 Å². The highest BCUT2D eigenvalue weighted by molar-refractivity contribution is 5.85. The highest BCUT2D eigenvalue weighted by atomic mass is 35.5.